The molecule has 3 heterocycles. The summed E-state index contributed by atoms with van der Waals surface area (Å²) in [5, 5.41) is 4.42. The summed E-state index contributed by atoms with van der Waals surface area (Å²) in [5.41, 5.74) is 3.98. The van der Waals surface area contributed by atoms with Gasteiger partial charge in [-0.25, -0.2) is 4.68 Å². The Hall–Kier alpha value is -2.30. The maximum Gasteiger partial charge on any atom is 0.278 e. The van der Waals surface area contributed by atoms with Crippen LogP contribution in [0.3, 0.4) is 0 Å². The fraction of sp³-hybridized carbons (Fsp3) is 0.412. The SMILES string of the molecule is Cc1ccc2c(c1)CCCN2C(=O)c1cc2n(n1)CCCO2. The van der Waals surface area contributed by atoms with Crippen LogP contribution in [-0.4, -0.2) is 28.8 Å². The van der Waals surface area contributed by atoms with Crippen molar-refractivity contribution < 1.29 is 9.53 Å². The summed E-state index contributed by atoms with van der Waals surface area (Å²) >= 11 is 0. The largest absolute Gasteiger partial charge is 0.478 e. The summed E-state index contributed by atoms with van der Waals surface area (Å²) in [4.78, 5) is 14.7. The molecule has 114 valence electrons. The number of fused-ring (bicyclic) bond motifs is 2. The second-order valence-corrected chi connectivity index (χ2v) is 5.99. The van der Waals surface area contributed by atoms with Gasteiger partial charge < -0.3 is 9.64 Å². The average Bonchev–Trinajstić information content (AvgIpc) is 2.97. The number of carbonyl (C=O) groups is 1. The van der Waals surface area contributed by atoms with Crippen molar-refractivity contribution >= 4 is 11.6 Å². The highest BCUT2D eigenvalue weighted by molar-refractivity contribution is 6.05. The minimum Gasteiger partial charge on any atom is -0.478 e. The molecule has 2 aliphatic heterocycles. The fourth-order valence-corrected chi connectivity index (χ4v) is 3.25. The summed E-state index contributed by atoms with van der Waals surface area (Å²) in [6.45, 7) is 4.35. The van der Waals surface area contributed by atoms with Crippen LogP contribution in [0.1, 0.15) is 34.5 Å². The maximum atomic E-state index is 12.9. The van der Waals surface area contributed by atoms with Gasteiger partial charge >= 0.3 is 0 Å². The van der Waals surface area contributed by atoms with E-state index in [1.807, 2.05) is 11.0 Å². The number of hydrogen-bond acceptors (Lipinski definition) is 3. The molecule has 2 aliphatic rings. The molecule has 2 aromatic rings. The van der Waals surface area contributed by atoms with Crippen molar-refractivity contribution in [2.75, 3.05) is 18.1 Å². The molecular weight excluding hydrogens is 278 g/mol. The van der Waals surface area contributed by atoms with E-state index in [0.717, 1.165) is 38.0 Å². The minimum atomic E-state index is -0.0321. The van der Waals surface area contributed by atoms with Crippen molar-refractivity contribution in [2.45, 2.75) is 32.7 Å². The Morgan fingerprint density at radius 3 is 3.00 bits per heavy atom. The Balaban J connectivity index is 1.68. The number of nitrogens with zero attached hydrogens (tertiary/aromatic N) is 3. The lowest BCUT2D eigenvalue weighted by atomic mass is 9.99. The first-order chi connectivity index (χ1) is 10.7. The van der Waals surface area contributed by atoms with E-state index in [0.29, 0.717) is 18.2 Å². The predicted octanol–water partition coefficient (Wildman–Crippen LogP) is 2.57. The molecule has 0 fully saturated rings. The van der Waals surface area contributed by atoms with E-state index in [9.17, 15) is 4.79 Å². The molecule has 0 atom stereocenters. The highest BCUT2D eigenvalue weighted by atomic mass is 16.5. The molecule has 4 rings (SSSR count). The first-order valence-electron chi connectivity index (χ1n) is 7.84. The van der Waals surface area contributed by atoms with Crippen LogP contribution in [0.15, 0.2) is 24.3 Å². The molecule has 0 aliphatic carbocycles. The van der Waals surface area contributed by atoms with Crippen LogP contribution >= 0.6 is 0 Å². The first kappa shape index (κ1) is 13.4. The summed E-state index contributed by atoms with van der Waals surface area (Å²) < 4.78 is 7.34. The van der Waals surface area contributed by atoms with Gasteiger partial charge in [0.2, 0.25) is 5.88 Å². The molecule has 0 bridgehead atoms. The third-order valence-electron chi connectivity index (χ3n) is 4.33. The molecule has 0 saturated carbocycles. The number of benzene rings is 1. The van der Waals surface area contributed by atoms with Gasteiger partial charge in [0, 0.05) is 31.3 Å². The predicted molar refractivity (Wildman–Crippen MR) is 83.5 cm³/mol. The van der Waals surface area contributed by atoms with Crippen LogP contribution in [0.5, 0.6) is 5.88 Å². The number of aromatic nitrogens is 2. The normalized spacial score (nSPS) is 16.7. The van der Waals surface area contributed by atoms with Crippen molar-refractivity contribution in [1.29, 1.82) is 0 Å². The molecule has 0 radical (unpaired) electrons. The molecule has 0 unspecified atom stereocenters. The molecule has 1 aromatic carbocycles. The zero-order chi connectivity index (χ0) is 15.1. The lowest BCUT2D eigenvalue weighted by molar-refractivity contribution is 0.0979. The number of ether oxygens (including phenoxy) is 1. The molecule has 5 heteroatoms. The van der Waals surface area contributed by atoms with Crippen LogP contribution in [0, 0.1) is 6.92 Å². The van der Waals surface area contributed by atoms with Crippen molar-refractivity contribution in [2.24, 2.45) is 0 Å². The molecule has 5 nitrogen and oxygen atoms in total. The third-order valence-corrected chi connectivity index (χ3v) is 4.33. The molecule has 1 amide bonds. The van der Waals surface area contributed by atoms with E-state index < -0.39 is 0 Å². The number of carbonyl (C=O) groups excluding carboxylic acids is 1. The van der Waals surface area contributed by atoms with Crippen molar-refractivity contribution in [1.82, 2.24) is 9.78 Å². The summed E-state index contributed by atoms with van der Waals surface area (Å²) in [6.07, 6.45) is 2.96. The number of anilines is 1. The topological polar surface area (TPSA) is 47.4 Å². The van der Waals surface area contributed by atoms with Gasteiger partial charge in [-0.3, -0.25) is 4.79 Å². The molecule has 1 aromatic heterocycles. The van der Waals surface area contributed by atoms with Gasteiger partial charge in [-0.2, -0.15) is 5.10 Å². The van der Waals surface area contributed by atoms with Crippen LogP contribution in [0.25, 0.3) is 0 Å². The zero-order valence-corrected chi connectivity index (χ0v) is 12.7. The van der Waals surface area contributed by atoms with Crippen LogP contribution < -0.4 is 9.64 Å². The summed E-state index contributed by atoms with van der Waals surface area (Å²) in [7, 11) is 0. The van der Waals surface area contributed by atoms with Gasteiger partial charge in [-0.1, -0.05) is 17.7 Å². The standard InChI is InChI=1S/C17H19N3O2/c1-12-5-6-15-13(10-12)4-2-7-19(15)17(21)14-11-16-20(18-14)8-3-9-22-16/h5-6,10-11H,2-4,7-9H2,1H3. The molecule has 0 saturated heterocycles. The van der Waals surface area contributed by atoms with Gasteiger partial charge in [0.05, 0.1) is 6.61 Å². The average molecular weight is 297 g/mol. The van der Waals surface area contributed by atoms with Crippen molar-refractivity contribution in [3.63, 3.8) is 0 Å². The number of rotatable bonds is 1. The third kappa shape index (κ3) is 2.17. The molecule has 0 spiro atoms. The fourth-order valence-electron chi connectivity index (χ4n) is 3.25. The second-order valence-electron chi connectivity index (χ2n) is 5.99. The van der Waals surface area contributed by atoms with E-state index in [-0.39, 0.29) is 5.91 Å². The number of hydrogen-bond donors (Lipinski definition) is 0. The van der Waals surface area contributed by atoms with E-state index in [4.69, 9.17) is 4.74 Å². The van der Waals surface area contributed by atoms with Crippen LogP contribution in [-0.2, 0) is 13.0 Å². The second kappa shape index (κ2) is 5.16. The highest BCUT2D eigenvalue weighted by Crippen LogP contribution is 2.30. The van der Waals surface area contributed by atoms with Gasteiger partial charge in [0.1, 0.15) is 0 Å². The van der Waals surface area contributed by atoms with Crippen molar-refractivity contribution in [3.8, 4) is 5.88 Å². The van der Waals surface area contributed by atoms with Gasteiger partial charge in [0.25, 0.3) is 5.91 Å². The number of amides is 1. The highest BCUT2D eigenvalue weighted by Gasteiger charge is 2.27. The lowest BCUT2D eigenvalue weighted by Gasteiger charge is -2.29. The van der Waals surface area contributed by atoms with Gasteiger partial charge in [-0.15, -0.1) is 0 Å². The molecular formula is C17H19N3O2. The van der Waals surface area contributed by atoms with E-state index >= 15 is 0 Å². The Bertz CT molecular complexity index is 712. The summed E-state index contributed by atoms with van der Waals surface area (Å²) in [5.74, 6) is 0.672. The van der Waals surface area contributed by atoms with E-state index in [2.05, 4.69) is 24.2 Å². The van der Waals surface area contributed by atoms with Gasteiger partial charge in [0.15, 0.2) is 5.69 Å². The monoisotopic (exact) mass is 297 g/mol. The van der Waals surface area contributed by atoms with Crippen LogP contribution in [0.2, 0.25) is 0 Å². The zero-order valence-electron chi connectivity index (χ0n) is 12.7. The summed E-state index contributed by atoms with van der Waals surface area (Å²) in [6, 6.07) is 8.06. The first-order valence-corrected chi connectivity index (χ1v) is 7.84. The Morgan fingerprint density at radius 2 is 2.14 bits per heavy atom. The smallest absolute Gasteiger partial charge is 0.278 e. The minimum absolute atomic E-state index is 0.0321. The maximum absolute atomic E-state index is 12.9. The van der Waals surface area contributed by atoms with Crippen LogP contribution in [0.4, 0.5) is 5.69 Å². The Kier molecular flexibility index (Phi) is 3.13. The quantitative estimate of drug-likeness (QED) is 0.813. The Labute approximate surface area is 129 Å². The van der Waals surface area contributed by atoms with E-state index in [1.54, 1.807) is 10.7 Å². The van der Waals surface area contributed by atoms with E-state index in [1.165, 1.54) is 11.1 Å². The molecule has 22 heavy (non-hydrogen) atoms. The number of aryl methyl sites for hydroxylation is 3. The van der Waals surface area contributed by atoms with Crippen molar-refractivity contribution in [3.05, 3.63) is 41.1 Å². The lowest BCUT2D eigenvalue weighted by Crippen LogP contribution is -2.35. The Morgan fingerprint density at radius 1 is 1.23 bits per heavy atom. The van der Waals surface area contributed by atoms with Gasteiger partial charge in [-0.05, 0) is 31.4 Å². The molecule has 0 N–H and O–H groups in total.